The van der Waals surface area contributed by atoms with E-state index < -0.39 is 0 Å². The van der Waals surface area contributed by atoms with E-state index in [0.717, 1.165) is 11.3 Å². The molecule has 6 heteroatoms. The molecule has 3 N–H and O–H groups in total. The fourth-order valence-corrected chi connectivity index (χ4v) is 2.82. The zero-order chi connectivity index (χ0) is 16.2. The van der Waals surface area contributed by atoms with Gasteiger partial charge in [0.25, 0.3) is 0 Å². The van der Waals surface area contributed by atoms with Gasteiger partial charge in [0.05, 0.1) is 5.92 Å². The minimum atomic E-state index is -0.320. The Bertz CT molecular complexity index is 748. The van der Waals surface area contributed by atoms with Gasteiger partial charge in [-0.3, -0.25) is 4.79 Å². The molecule has 23 heavy (non-hydrogen) atoms. The summed E-state index contributed by atoms with van der Waals surface area (Å²) in [6, 6.07) is 14.2. The molecule has 2 aromatic carbocycles. The molecule has 3 rings (SSSR count). The third-order valence-electron chi connectivity index (χ3n) is 3.71. The van der Waals surface area contributed by atoms with Gasteiger partial charge in [0, 0.05) is 22.9 Å². The molecule has 0 aliphatic carbocycles. The molecule has 1 atom stereocenters. The lowest BCUT2D eigenvalue weighted by Gasteiger charge is -2.11. The highest BCUT2D eigenvalue weighted by atomic mass is 35.5. The number of urea groups is 1. The van der Waals surface area contributed by atoms with Crippen molar-refractivity contribution in [1.82, 2.24) is 5.32 Å². The molecule has 0 saturated heterocycles. The average molecular weight is 330 g/mol. The largest absolute Gasteiger partial charge is 0.338 e. The Morgan fingerprint density at radius 1 is 1.17 bits per heavy atom. The van der Waals surface area contributed by atoms with Crippen LogP contribution in [0.2, 0.25) is 5.02 Å². The van der Waals surface area contributed by atoms with E-state index in [4.69, 9.17) is 11.6 Å². The van der Waals surface area contributed by atoms with Gasteiger partial charge in [0.15, 0.2) is 0 Å². The second-order valence-electron chi connectivity index (χ2n) is 5.31. The molecule has 0 bridgehead atoms. The lowest BCUT2D eigenvalue weighted by atomic mass is 9.97. The highest BCUT2D eigenvalue weighted by molar-refractivity contribution is 6.30. The van der Waals surface area contributed by atoms with Crippen LogP contribution in [0.5, 0.6) is 0 Å². The van der Waals surface area contributed by atoms with Crippen LogP contribution in [0.3, 0.4) is 0 Å². The molecule has 0 spiro atoms. The number of fused-ring (bicyclic) bond motifs is 1. The maximum absolute atomic E-state index is 12.0. The van der Waals surface area contributed by atoms with Crippen LogP contribution < -0.4 is 16.0 Å². The van der Waals surface area contributed by atoms with Crippen LogP contribution in [0.4, 0.5) is 16.2 Å². The number of nitrogens with one attached hydrogen (secondary N) is 3. The lowest BCUT2D eigenvalue weighted by molar-refractivity contribution is -0.117. The van der Waals surface area contributed by atoms with Crippen molar-refractivity contribution in [2.75, 3.05) is 17.2 Å². The average Bonchev–Trinajstić information content (AvgIpc) is 2.83. The summed E-state index contributed by atoms with van der Waals surface area (Å²) in [5.41, 5.74) is 2.46. The number of anilines is 2. The van der Waals surface area contributed by atoms with Crippen LogP contribution in [-0.2, 0) is 4.79 Å². The van der Waals surface area contributed by atoms with E-state index in [0.29, 0.717) is 23.7 Å². The van der Waals surface area contributed by atoms with E-state index in [1.165, 1.54) is 0 Å². The van der Waals surface area contributed by atoms with Crippen molar-refractivity contribution in [3.63, 3.8) is 0 Å². The normalized spacial score (nSPS) is 15.7. The first-order valence-corrected chi connectivity index (χ1v) is 7.71. The third kappa shape index (κ3) is 3.63. The fourth-order valence-electron chi connectivity index (χ4n) is 2.63. The lowest BCUT2D eigenvalue weighted by Crippen LogP contribution is -2.31. The molecule has 5 nitrogen and oxygen atoms in total. The van der Waals surface area contributed by atoms with Crippen LogP contribution in [0.25, 0.3) is 0 Å². The summed E-state index contributed by atoms with van der Waals surface area (Å²) in [6.07, 6.45) is 0.547. The summed E-state index contributed by atoms with van der Waals surface area (Å²) >= 11 is 5.87. The van der Waals surface area contributed by atoms with E-state index in [-0.39, 0.29) is 17.9 Å². The summed E-state index contributed by atoms with van der Waals surface area (Å²) in [6.45, 7) is 0.402. The van der Waals surface area contributed by atoms with Crippen LogP contribution >= 0.6 is 11.6 Å². The number of rotatable bonds is 4. The van der Waals surface area contributed by atoms with Crippen molar-refractivity contribution in [3.05, 3.63) is 59.1 Å². The van der Waals surface area contributed by atoms with Crippen molar-refractivity contribution in [2.45, 2.75) is 12.3 Å². The Labute approximate surface area is 139 Å². The molecule has 1 heterocycles. The number of benzene rings is 2. The maximum atomic E-state index is 12.0. The van der Waals surface area contributed by atoms with Gasteiger partial charge in [-0.15, -0.1) is 0 Å². The molecule has 118 valence electrons. The number of halogens is 1. The predicted molar refractivity (Wildman–Crippen MR) is 90.9 cm³/mol. The zero-order valence-electron chi connectivity index (χ0n) is 12.3. The van der Waals surface area contributed by atoms with Crippen LogP contribution in [0.1, 0.15) is 17.9 Å². The van der Waals surface area contributed by atoms with E-state index in [2.05, 4.69) is 16.0 Å². The third-order valence-corrected chi connectivity index (χ3v) is 3.95. The van der Waals surface area contributed by atoms with Gasteiger partial charge in [0.1, 0.15) is 0 Å². The fraction of sp³-hybridized carbons (Fsp3) is 0.176. The van der Waals surface area contributed by atoms with Gasteiger partial charge in [-0.05, 0) is 36.2 Å². The molecule has 1 unspecified atom stereocenters. The van der Waals surface area contributed by atoms with Gasteiger partial charge >= 0.3 is 6.03 Å². The number of para-hydroxylation sites is 1. The smallest absolute Gasteiger partial charge is 0.319 e. The number of hydrogen-bond acceptors (Lipinski definition) is 2. The predicted octanol–water partition coefficient (Wildman–Crippen LogP) is 3.59. The van der Waals surface area contributed by atoms with Gasteiger partial charge in [-0.2, -0.15) is 0 Å². The van der Waals surface area contributed by atoms with Crippen molar-refractivity contribution < 1.29 is 9.59 Å². The maximum Gasteiger partial charge on any atom is 0.319 e. The van der Waals surface area contributed by atoms with Gasteiger partial charge < -0.3 is 16.0 Å². The number of amides is 3. The van der Waals surface area contributed by atoms with Gasteiger partial charge in [0.2, 0.25) is 5.91 Å². The number of carbonyl (C=O) groups excluding carboxylic acids is 2. The zero-order valence-corrected chi connectivity index (χ0v) is 13.1. The second-order valence-corrected chi connectivity index (χ2v) is 5.75. The van der Waals surface area contributed by atoms with E-state index in [9.17, 15) is 9.59 Å². The molecular weight excluding hydrogens is 314 g/mol. The van der Waals surface area contributed by atoms with Crippen molar-refractivity contribution in [3.8, 4) is 0 Å². The molecule has 1 aliphatic rings. The Morgan fingerprint density at radius 3 is 2.83 bits per heavy atom. The van der Waals surface area contributed by atoms with Crippen LogP contribution in [0.15, 0.2) is 48.5 Å². The van der Waals surface area contributed by atoms with Gasteiger partial charge in [-0.25, -0.2) is 4.79 Å². The molecule has 0 radical (unpaired) electrons. The summed E-state index contributed by atoms with van der Waals surface area (Å²) in [4.78, 5) is 23.8. The highest BCUT2D eigenvalue weighted by Crippen LogP contribution is 2.33. The van der Waals surface area contributed by atoms with E-state index in [1.807, 2.05) is 24.3 Å². The first-order chi connectivity index (χ1) is 11.1. The van der Waals surface area contributed by atoms with Crippen LogP contribution in [0, 0.1) is 0 Å². The first kappa shape index (κ1) is 15.4. The minimum Gasteiger partial charge on any atom is -0.338 e. The van der Waals surface area contributed by atoms with Crippen molar-refractivity contribution in [2.24, 2.45) is 0 Å². The van der Waals surface area contributed by atoms with Crippen molar-refractivity contribution in [1.29, 1.82) is 0 Å². The molecule has 0 fully saturated rings. The first-order valence-electron chi connectivity index (χ1n) is 7.34. The highest BCUT2D eigenvalue weighted by Gasteiger charge is 2.29. The summed E-state index contributed by atoms with van der Waals surface area (Å²) in [5.74, 6) is -0.249. The molecule has 1 aliphatic heterocycles. The molecule has 2 aromatic rings. The molecular formula is C17H16ClN3O2. The Morgan fingerprint density at radius 2 is 2.00 bits per heavy atom. The van der Waals surface area contributed by atoms with Crippen LogP contribution in [-0.4, -0.2) is 18.5 Å². The standard InChI is InChI=1S/C17H16ClN3O2/c18-11-4-3-5-12(10-11)20-17(23)19-9-8-14-13-6-1-2-7-15(13)21-16(14)22/h1-7,10,14H,8-9H2,(H,21,22)(H2,19,20,23). The van der Waals surface area contributed by atoms with E-state index >= 15 is 0 Å². The topological polar surface area (TPSA) is 70.2 Å². The Hall–Kier alpha value is -2.53. The van der Waals surface area contributed by atoms with Crippen molar-refractivity contribution >= 4 is 34.9 Å². The Balaban J connectivity index is 1.52. The van der Waals surface area contributed by atoms with Gasteiger partial charge in [-0.1, -0.05) is 35.9 Å². The summed E-state index contributed by atoms with van der Waals surface area (Å²) < 4.78 is 0. The molecule has 3 amide bonds. The molecule has 0 aromatic heterocycles. The number of hydrogen-bond donors (Lipinski definition) is 3. The molecule has 0 saturated carbocycles. The Kier molecular flexibility index (Phi) is 4.48. The summed E-state index contributed by atoms with van der Waals surface area (Å²) in [5, 5.41) is 8.87. The second kappa shape index (κ2) is 6.71. The van der Waals surface area contributed by atoms with E-state index in [1.54, 1.807) is 24.3 Å². The summed E-state index contributed by atoms with van der Waals surface area (Å²) in [7, 11) is 0. The minimum absolute atomic E-state index is 0.0248. The number of carbonyl (C=O) groups is 2. The monoisotopic (exact) mass is 329 g/mol. The SMILES string of the molecule is O=C(NCCC1C(=O)Nc2ccccc21)Nc1cccc(Cl)c1. The quantitative estimate of drug-likeness (QED) is 0.802.